The number of halogens is 5. The van der Waals surface area contributed by atoms with Crippen molar-refractivity contribution in [2.45, 2.75) is 19.0 Å². The van der Waals surface area contributed by atoms with Crippen LogP contribution in [0, 0.1) is 0 Å². The van der Waals surface area contributed by atoms with Crippen molar-refractivity contribution in [3.8, 4) is 0 Å². The van der Waals surface area contributed by atoms with E-state index in [1.165, 1.54) is 6.07 Å². The van der Waals surface area contributed by atoms with Gasteiger partial charge >= 0.3 is 6.18 Å². The number of hydrogen-bond acceptors (Lipinski definition) is 1. The zero-order chi connectivity index (χ0) is 19.6. The molecule has 0 atom stereocenters. The summed E-state index contributed by atoms with van der Waals surface area (Å²) < 4.78 is 39.2. The van der Waals surface area contributed by atoms with Crippen LogP contribution in [0.15, 0.2) is 42.6 Å². The standard InChI is InChI=1S/C19H15Cl2F3N2O/c20-13-1-3-16(19(22,23)24)12(7-13)8-18(27)25-6-5-11-10-26-17-4-2-14(21)9-15(11)17/h1-4,7,9-10,26H,5-6,8H2,(H,25,27). The Morgan fingerprint density at radius 1 is 1.04 bits per heavy atom. The number of hydrogen-bond donors (Lipinski definition) is 2. The van der Waals surface area contributed by atoms with Crippen LogP contribution in [0.3, 0.4) is 0 Å². The molecule has 1 amide bonds. The number of benzene rings is 2. The molecule has 3 nitrogen and oxygen atoms in total. The Kier molecular flexibility index (Phi) is 5.67. The molecule has 0 bridgehead atoms. The third-order valence-corrected chi connectivity index (χ3v) is 4.64. The molecule has 0 aliphatic carbocycles. The van der Waals surface area contributed by atoms with Crippen molar-refractivity contribution in [3.05, 3.63) is 69.3 Å². The average Bonchev–Trinajstić information content (AvgIpc) is 2.96. The van der Waals surface area contributed by atoms with E-state index >= 15 is 0 Å². The van der Waals surface area contributed by atoms with E-state index in [0.717, 1.165) is 28.6 Å². The molecule has 0 saturated carbocycles. The first kappa shape index (κ1) is 19.6. The van der Waals surface area contributed by atoms with Gasteiger partial charge < -0.3 is 10.3 Å². The third kappa shape index (κ3) is 4.76. The number of aromatic nitrogens is 1. The van der Waals surface area contributed by atoms with Crippen molar-refractivity contribution in [2.75, 3.05) is 6.54 Å². The third-order valence-electron chi connectivity index (χ3n) is 4.17. The molecule has 27 heavy (non-hydrogen) atoms. The summed E-state index contributed by atoms with van der Waals surface area (Å²) in [4.78, 5) is 15.2. The molecule has 8 heteroatoms. The van der Waals surface area contributed by atoms with E-state index in [1.54, 1.807) is 6.07 Å². The van der Waals surface area contributed by atoms with Crippen molar-refractivity contribution in [1.82, 2.24) is 10.3 Å². The van der Waals surface area contributed by atoms with Crippen LogP contribution in [-0.4, -0.2) is 17.4 Å². The van der Waals surface area contributed by atoms with Crippen molar-refractivity contribution >= 4 is 40.0 Å². The molecule has 0 aliphatic heterocycles. The number of aromatic amines is 1. The van der Waals surface area contributed by atoms with Gasteiger partial charge in [-0.25, -0.2) is 0 Å². The minimum absolute atomic E-state index is 0.147. The Hall–Kier alpha value is -2.18. The second-order valence-electron chi connectivity index (χ2n) is 6.08. The molecule has 2 aromatic carbocycles. The van der Waals surface area contributed by atoms with E-state index < -0.39 is 24.1 Å². The van der Waals surface area contributed by atoms with E-state index in [-0.39, 0.29) is 10.6 Å². The number of rotatable bonds is 5. The smallest absolute Gasteiger partial charge is 0.361 e. The van der Waals surface area contributed by atoms with Crippen LogP contribution in [0.2, 0.25) is 10.0 Å². The Balaban J connectivity index is 1.63. The highest BCUT2D eigenvalue weighted by molar-refractivity contribution is 6.31. The Morgan fingerprint density at radius 2 is 1.74 bits per heavy atom. The lowest BCUT2D eigenvalue weighted by Gasteiger charge is -2.13. The summed E-state index contributed by atoms with van der Waals surface area (Å²) in [5.41, 5.74) is 0.890. The summed E-state index contributed by atoms with van der Waals surface area (Å²) >= 11 is 11.8. The maximum Gasteiger partial charge on any atom is 0.416 e. The zero-order valence-electron chi connectivity index (χ0n) is 14.0. The van der Waals surface area contributed by atoms with Crippen molar-refractivity contribution < 1.29 is 18.0 Å². The van der Waals surface area contributed by atoms with Gasteiger partial charge in [-0.3, -0.25) is 4.79 Å². The molecule has 0 fully saturated rings. The maximum absolute atomic E-state index is 13.1. The van der Waals surface area contributed by atoms with E-state index in [0.29, 0.717) is 18.0 Å². The zero-order valence-corrected chi connectivity index (χ0v) is 15.5. The van der Waals surface area contributed by atoms with Crippen molar-refractivity contribution in [2.24, 2.45) is 0 Å². The molecule has 0 spiro atoms. The van der Waals surface area contributed by atoms with Crippen LogP contribution in [-0.2, 0) is 23.8 Å². The molecule has 142 valence electrons. The summed E-state index contributed by atoms with van der Waals surface area (Å²) in [6, 6.07) is 8.68. The molecule has 0 unspecified atom stereocenters. The molecular formula is C19H15Cl2F3N2O. The van der Waals surface area contributed by atoms with Gasteiger partial charge in [0.05, 0.1) is 12.0 Å². The van der Waals surface area contributed by atoms with Gasteiger partial charge in [0.25, 0.3) is 0 Å². The fraction of sp³-hybridized carbons (Fsp3) is 0.211. The van der Waals surface area contributed by atoms with Gasteiger partial charge in [-0.15, -0.1) is 0 Å². The molecule has 0 aliphatic rings. The first-order valence-corrected chi connectivity index (χ1v) is 8.87. The van der Waals surface area contributed by atoms with Gasteiger partial charge in [-0.1, -0.05) is 23.2 Å². The lowest BCUT2D eigenvalue weighted by Crippen LogP contribution is -2.28. The Labute approximate surface area is 163 Å². The fourth-order valence-electron chi connectivity index (χ4n) is 2.91. The first-order chi connectivity index (χ1) is 12.7. The summed E-state index contributed by atoms with van der Waals surface area (Å²) in [5, 5.41) is 4.36. The first-order valence-electron chi connectivity index (χ1n) is 8.12. The van der Waals surface area contributed by atoms with Gasteiger partial charge in [-0.2, -0.15) is 13.2 Å². The Morgan fingerprint density at radius 3 is 2.48 bits per heavy atom. The number of fused-ring (bicyclic) bond motifs is 1. The van der Waals surface area contributed by atoms with Gasteiger partial charge in [-0.05, 0) is 53.9 Å². The number of nitrogens with one attached hydrogen (secondary N) is 2. The molecule has 1 aromatic heterocycles. The highest BCUT2D eigenvalue weighted by Crippen LogP contribution is 2.33. The van der Waals surface area contributed by atoms with Gasteiger partial charge in [0.15, 0.2) is 0 Å². The predicted octanol–water partition coefficient (Wildman–Crippen LogP) is 5.39. The second kappa shape index (κ2) is 7.82. The van der Waals surface area contributed by atoms with E-state index in [1.807, 2.05) is 18.3 Å². The molecule has 0 radical (unpaired) electrons. The van der Waals surface area contributed by atoms with Crippen LogP contribution in [0.25, 0.3) is 10.9 Å². The molecule has 1 heterocycles. The van der Waals surface area contributed by atoms with Crippen LogP contribution in [0.1, 0.15) is 16.7 Å². The number of H-pyrrole nitrogens is 1. The average molecular weight is 415 g/mol. The minimum atomic E-state index is -4.54. The van der Waals surface area contributed by atoms with E-state index in [4.69, 9.17) is 23.2 Å². The van der Waals surface area contributed by atoms with E-state index in [2.05, 4.69) is 10.3 Å². The van der Waals surface area contributed by atoms with Crippen LogP contribution in [0.4, 0.5) is 13.2 Å². The fourth-order valence-corrected chi connectivity index (χ4v) is 3.28. The Bertz CT molecular complexity index is 983. The maximum atomic E-state index is 13.1. The summed E-state index contributed by atoms with van der Waals surface area (Å²) in [5.74, 6) is -0.499. The summed E-state index contributed by atoms with van der Waals surface area (Å²) in [6.45, 7) is 0.292. The van der Waals surface area contributed by atoms with Gasteiger partial charge in [0.2, 0.25) is 5.91 Å². The van der Waals surface area contributed by atoms with Crippen LogP contribution < -0.4 is 5.32 Å². The highest BCUT2D eigenvalue weighted by Gasteiger charge is 2.33. The quantitative estimate of drug-likeness (QED) is 0.576. The van der Waals surface area contributed by atoms with Gasteiger partial charge in [0, 0.05) is 33.7 Å². The summed E-state index contributed by atoms with van der Waals surface area (Å²) in [7, 11) is 0. The molecule has 3 aromatic rings. The van der Waals surface area contributed by atoms with Crippen molar-refractivity contribution in [3.63, 3.8) is 0 Å². The second-order valence-corrected chi connectivity index (χ2v) is 6.95. The number of amides is 1. The minimum Gasteiger partial charge on any atom is -0.361 e. The van der Waals surface area contributed by atoms with E-state index in [9.17, 15) is 18.0 Å². The van der Waals surface area contributed by atoms with Crippen LogP contribution in [0.5, 0.6) is 0 Å². The largest absolute Gasteiger partial charge is 0.416 e. The number of carbonyl (C=O) groups is 1. The number of alkyl halides is 3. The highest BCUT2D eigenvalue weighted by atomic mass is 35.5. The SMILES string of the molecule is O=C(Cc1cc(Cl)ccc1C(F)(F)F)NCCc1c[nH]c2ccc(Cl)cc12. The lowest BCUT2D eigenvalue weighted by atomic mass is 10.0. The van der Waals surface area contributed by atoms with Gasteiger partial charge in [0.1, 0.15) is 0 Å². The predicted molar refractivity (Wildman–Crippen MR) is 100 cm³/mol. The monoisotopic (exact) mass is 414 g/mol. The molecule has 2 N–H and O–H groups in total. The molecule has 3 rings (SSSR count). The molecule has 0 saturated heterocycles. The topological polar surface area (TPSA) is 44.9 Å². The normalized spacial score (nSPS) is 11.7. The number of carbonyl (C=O) groups excluding carboxylic acids is 1. The summed E-state index contributed by atoms with van der Waals surface area (Å²) in [6.07, 6.45) is -2.59. The van der Waals surface area contributed by atoms with Crippen molar-refractivity contribution in [1.29, 1.82) is 0 Å². The molecular weight excluding hydrogens is 400 g/mol. The lowest BCUT2D eigenvalue weighted by molar-refractivity contribution is -0.138. The van der Waals surface area contributed by atoms with Crippen LogP contribution >= 0.6 is 23.2 Å².